The van der Waals surface area contributed by atoms with E-state index in [1.807, 2.05) is 78.9 Å². The van der Waals surface area contributed by atoms with Crippen LogP contribution < -0.4 is 10.9 Å². The predicted molar refractivity (Wildman–Crippen MR) is 102 cm³/mol. The molecule has 3 rings (SSSR count). The number of aliphatic imine (C=N–C) groups is 1. The van der Waals surface area contributed by atoms with E-state index in [9.17, 15) is 0 Å². The average molecular weight is 356 g/mol. The van der Waals surface area contributed by atoms with Gasteiger partial charge in [0.2, 0.25) is 0 Å². The van der Waals surface area contributed by atoms with Crippen LogP contribution in [0.4, 0.5) is 11.4 Å². The van der Waals surface area contributed by atoms with Crippen molar-refractivity contribution in [3.05, 3.63) is 94.5 Å². The van der Waals surface area contributed by atoms with Crippen LogP contribution in [0.5, 0.6) is 0 Å². The Bertz CT molecular complexity index is 813. The second-order valence-electron chi connectivity index (χ2n) is 5.06. The van der Waals surface area contributed by atoms with E-state index in [-0.39, 0.29) is 0 Å². The third kappa shape index (κ3) is 4.51. The van der Waals surface area contributed by atoms with Gasteiger partial charge in [-0.25, -0.2) is 4.99 Å². The summed E-state index contributed by atoms with van der Waals surface area (Å²) in [6.45, 7) is 0. The molecule has 0 atom stereocenters. The van der Waals surface area contributed by atoms with Crippen LogP contribution in [-0.2, 0) is 0 Å². The van der Waals surface area contributed by atoms with Crippen molar-refractivity contribution in [1.29, 1.82) is 0 Å². The van der Waals surface area contributed by atoms with E-state index in [1.54, 1.807) is 0 Å². The molecule has 0 bridgehead atoms. The number of halogens is 2. The first-order chi connectivity index (χ1) is 11.7. The molecule has 0 unspecified atom stereocenters. The van der Waals surface area contributed by atoms with Crippen molar-refractivity contribution in [3.8, 4) is 0 Å². The summed E-state index contributed by atoms with van der Waals surface area (Å²) in [4.78, 5) is 4.66. The van der Waals surface area contributed by atoms with Crippen LogP contribution in [0.15, 0.2) is 83.9 Å². The molecule has 0 saturated heterocycles. The Kier molecular flexibility index (Phi) is 5.36. The van der Waals surface area contributed by atoms with Crippen LogP contribution in [0.1, 0.15) is 5.56 Å². The minimum atomic E-state index is 0.678. The van der Waals surface area contributed by atoms with E-state index in [4.69, 9.17) is 23.2 Å². The average Bonchev–Trinajstić information content (AvgIpc) is 2.62. The van der Waals surface area contributed by atoms with Crippen molar-refractivity contribution < 1.29 is 0 Å². The number of hydrazine groups is 1. The van der Waals surface area contributed by atoms with E-state index < -0.39 is 0 Å². The molecule has 120 valence electrons. The van der Waals surface area contributed by atoms with Gasteiger partial charge in [0, 0.05) is 15.6 Å². The molecule has 0 aliphatic carbocycles. The quantitative estimate of drug-likeness (QED) is 0.358. The van der Waals surface area contributed by atoms with Crippen molar-refractivity contribution in [3.63, 3.8) is 0 Å². The van der Waals surface area contributed by atoms with Gasteiger partial charge in [-0.05, 0) is 60.7 Å². The Hall–Kier alpha value is -2.49. The van der Waals surface area contributed by atoms with Gasteiger partial charge >= 0.3 is 0 Å². The largest absolute Gasteiger partial charge is 0.300 e. The molecule has 0 aliphatic rings. The lowest BCUT2D eigenvalue weighted by Gasteiger charge is -2.13. The first-order valence-electron chi connectivity index (χ1n) is 7.38. The Morgan fingerprint density at radius 1 is 0.708 bits per heavy atom. The molecule has 0 heterocycles. The van der Waals surface area contributed by atoms with E-state index in [1.165, 1.54) is 0 Å². The zero-order valence-electron chi connectivity index (χ0n) is 12.7. The topological polar surface area (TPSA) is 36.4 Å². The maximum atomic E-state index is 5.98. The number of anilines is 1. The van der Waals surface area contributed by atoms with Gasteiger partial charge in [0.25, 0.3) is 0 Å². The van der Waals surface area contributed by atoms with Gasteiger partial charge < -0.3 is 0 Å². The van der Waals surface area contributed by atoms with E-state index in [2.05, 4.69) is 15.8 Å². The van der Waals surface area contributed by atoms with E-state index in [0.29, 0.717) is 15.9 Å². The van der Waals surface area contributed by atoms with Gasteiger partial charge in [-0.1, -0.05) is 41.4 Å². The van der Waals surface area contributed by atoms with Crippen LogP contribution in [0.2, 0.25) is 10.0 Å². The standard InChI is InChI=1S/C19H15Cl2N3/c20-15-8-6-14(7-9-15)19(22-17-12-10-16(21)11-13-17)24-23-18-4-2-1-3-5-18/h1-13,23H,(H,22,24). The van der Waals surface area contributed by atoms with E-state index in [0.717, 1.165) is 16.9 Å². The van der Waals surface area contributed by atoms with Crippen molar-refractivity contribution in [1.82, 2.24) is 5.43 Å². The number of hydrogen-bond acceptors (Lipinski definition) is 2. The zero-order valence-corrected chi connectivity index (χ0v) is 14.2. The highest BCUT2D eigenvalue weighted by Gasteiger charge is 2.04. The minimum Gasteiger partial charge on any atom is -0.300 e. The molecule has 24 heavy (non-hydrogen) atoms. The first-order valence-corrected chi connectivity index (χ1v) is 8.13. The third-order valence-electron chi connectivity index (χ3n) is 3.28. The summed E-state index contributed by atoms with van der Waals surface area (Å²) in [6, 6.07) is 24.7. The van der Waals surface area contributed by atoms with Crippen LogP contribution >= 0.6 is 23.2 Å². The highest BCUT2D eigenvalue weighted by molar-refractivity contribution is 6.31. The normalized spacial score (nSPS) is 11.2. The van der Waals surface area contributed by atoms with Crippen LogP contribution in [0, 0.1) is 0 Å². The maximum Gasteiger partial charge on any atom is 0.152 e. The molecule has 0 amide bonds. The van der Waals surface area contributed by atoms with Gasteiger partial charge in [0.1, 0.15) is 0 Å². The molecule has 2 N–H and O–H groups in total. The fraction of sp³-hybridized carbons (Fsp3) is 0. The molecule has 0 spiro atoms. The number of rotatable bonds is 4. The van der Waals surface area contributed by atoms with Gasteiger partial charge in [0.15, 0.2) is 5.84 Å². The number of nitrogens with one attached hydrogen (secondary N) is 2. The Morgan fingerprint density at radius 3 is 1.92 bits per heavy atom. The number of para-hydroxylation sites is 1. The minimum absolute atomic E-state index is 0.678. The lowest BCUT2D eigenvalue weighted by Crippen LogP contribution is -2.30. The van der Waals surface area contributed by atoms with Crippen molar-refractivity contribution in [2.45, 2.75) is 0 Å². The molecular weight excluding hydrogens is 341 g/mol. The number of amidine groups is 1. The molecule has 3 aromatic rings. The fourth-order valence-corrected chi connectivity index (χ4v) is 2.32. The predicted octanol–water partition coefficient (Wildman–Crippen LogP) is 5.69. The van der Waals surface area contributed by atoms with E-state index >= 15 is 0 Å². The molecule has 0 aliphatic heterocycles. The van der Waals surface area contributed by atoms with Crippen LogP contribution in [-0.4, -0.2) is 5.84 Å². The van der Waals surface area contributed by atoms with Crippen LogP contribution in [0.25, 0.3) is 0 Å². The van der Waals surface area contributed by atoms with Crippen LogP contribution in [0.3, 0.4) is 0 Å². The molecular formula is C19H15Cl2N3. The lowest BCUT2D eigenvalue weighted by atomic mass is 10.2. The van der Waals surface area contributed by atoms with Crippen molar-refractivity contribution in [2.75, 3.05) is 5.43 Å². The van der Waals surface area contributed by atoms with Crippen molar-refractivity contribution in [2.24, 2.45) is 4.99 Å². The maximum absolute atomic E-state index is 5.98. The summed E-state index contributed by atoms with van der Waals surface area (Å²) in [5.41, 5.74) is 8.96. The zero-order chi connectivity index (χ0) is 16.8. The molecule has 0 fully saturated rings. The van der Waals surface area contributed by atoms with Gasteiger partial charge in [0.05, 0.1) is 11.4 Å². The highest BCUT2D eigenvalue weighted by Crippen LogP contribution is 2.18. The molecule has 3 nitrogen and oxygen atoms in total. The Labute approximate surface area is 150 Å². The molecule has 3 aromatic carbocycles. The van der Waals surface area contributed by atoms with Gasteiger partial charge in [-0.2, -0.15) is 0 Å². The van der Waals surface area contributed by atoms with Gasteiger partial charge in [-0.3, -0.25) is 10.9 Å². The monoisotopic (exact) mass is 355 g/mol. The molecule has 0 aromatic heterocycles. The lowest BCUT2D eigenvalue weighted by molar-refractivity contribution is 1.11. The first kappa shape index (κ1) is 16.4. The Balaban J connectivity index is 1.88. The molecule has 0 radical (unpaired) electrons. The summed E-state index contributed by atoms with van der Waals surface area (Å²) < 4.78 is 0. The number of benzene rings is 3. The summed E-state index contributed by atoms with van der Waals surface area (Å²) in [5, 5.41) is 1.36. The SMILES string of the molecule is Clc1ccc(N=C(NNc2ccccc2)c2ccc(Cl)cc2)cc1. The number of hydrogen-bond donors (Lipinski definition) is 2. The fourth-order valence-electron chi connectivity index (χ4n) is 2.07. The smallest absolute Gasteiger partial charge is 0.152 e. The summed E-state index contributed by atoms with van der Waals surface area (Å²) in [5.74, 6) is 0.679. The Morgan fingerprint density at radius 2 is 1.29 bits per heavy atom. The van der Waals surface area contributed by atoms with Crippen molar-refractivity contribution >= 4 is 40.4 Å². The second-order valence-corrected chi connectivity index (χ2v) is 5.93. The molecule has 5 heteroatoms. The number of nitrogens with zero attached hydrogens (tertiary/aromatic N) is 1. The van der Waals surface area contributed by atoms with Gasteiger partial charge in [-0.15, -0.1) is 0 Å². The highest BCUT2D eigenvalue weighted by atomic mass is 35.5. The molecule has 0 saturated carbocycles. The summed E-state index contributed by atoms with van der Waals surface area (Å²) >= 11 is 11.9. The summed E-state index contributed by atoms with van der Waals surface area (Å²) in [7, 11) is 0. The second kappa shape index (κ2) is 7.86. The summed E-state index contributed by atoms with van der Waals surface area (Å²) in [6.07, 6.45) is 0. The third-order valence-corrected chi connectivity index (χ3v) is 3.79.